The SMILES string of the molecule is CCCNC(Cc1ncnn1CCC)c1cccs1. The van der Waals surface area contributed by atoms with Crippen LogP contribution in [-0.2, 0) is 13.0 Å². The topological polar surface area (TPSA) is 42.7 Å². The molecule has 104 valence electrons. The Kier molecular flexibility index (Phi) is 5.54. The fraction of sp³-hybridized carbons (Fsp3) is 0.571. The van der Waals surface area contributed by atoms with Gasteiger partial charge in [0.1, 0.15) is 12.2 Å². The van der Waals surface area contributed by atoms with Crippen LogP contribution in [0.2, 0.25) is 0 Å². The van der Waals surface area contributed by atoms with Crippen molar-refractivity contribution in [3.8, 4) is 0 Å². The Hall–Kier alpha value is -1.20. The van der Waals surface area contributed by atoms with Crippen LogP contribution in [0.15, 0.2) is 23.8 Å². The van der Waals surface area contributed by atoms with Gasteiger partial charge in [0.15, 0.2) is 0 Å². The van der Waals surface area contributed by atoms with Crippen LogP contribution in [0.5, 0.6) is 0 Å². The summed E-state index contributed by atoms with van der Waals surface area (Å²) in [5.41, 5.74) is 0. The highest BCUT2D eigenvalue weighted by Crippen LogP contribution is 2.22. The van der Waals surface area contributed by atoms with Gasteiger partial charge in [-0.05, 0) is 30.8 Å². The first-order valence-corrected chi connectivity index (χ1v) is 7.86. The molecule has 1 unspecified atom stereocenters. The molecule has 0 spiro atoms. The highest BCUT2D eigenvalue weighted by atomic mass is 32.1. The molecule has 0 amide bonds. The summed E-state index contributed by atoms with van der Waals surface area (Å²) in [5.74, 6) is 1.07. The van der Waals surface area contributed by atoms with Crippen LogP contribution in [0, 0.1) is 0 Å². The standard InChI is InChI=1S/C14H22N4S/c1-3-7-15-12(13-6-5-9-19-13)10-14-16-11-17-18(14)8-4-2/h5-6,9,11-12,15H,3-4,7-8,10H2,1-2H3. The Morgan fingerprint density at radius 1 is 1.37 bits per heavy atom. The fourth-order valence-corrected chi connectivity index (χ4v) is 2.91. The van der Waals surface area contributed by atoms with E-state index in [1.54, 1.807) is 17.7 Å². The van der Waals surface area contributed by atoms with Gasteiger partial charge < -0.3 is 5.32 Å². The minimum absolute atomic E-state index is 0.347. The molecule has 2 aromatic heterocycles. The van der Waals surface area contributed by atoms with Gasteiger partial charge in [0.2, 0.25) is 0 Å². The molecule has 1 atom stereocenters. The number of aryl methyl sites for hydroxylation is 1. The minimum atomic E-state index is 0.347. The normalized spacial score (nSPS) is 12.7. The molecule has 1 N–H and O–H groups in total. The second kappa shape index (κ2) is 7.40. The van der Waals surface area contributed by atoms with E-state index in [0.717, 1.165) is 38.2 Å². The van der Waals surface area contributed by atoms with Crippen LogP contribution in [0.25, 0.3) is 0 Å². The Bertz CT molecular complexity index is 464. The van der Waals surface area contributed by atoms with Crippen molar-refractivity contribution in [3.05, 3.63) is 34.5 Å². The zero-order chi connectivity index (χ0) is 13.5. The minimum Gasteiger partial charge on any atom is -0.309 e. The molecule has 0 aliphatic carbocycles. The van der Waals surface area contributed by atoms with Gasteiger partial charge in [0.25, 0.3) is 0 Å². The van der Waals surface area contributed by atoms with Crippen molar-refractivity contribution >= 4 is 11.3 Å². The lowest BCUT2D eigenvalue weighted by Gasteiger charge is -2.17. The van der Waals surface area contributed by atoms with Gasteiger partial charge in [-0.1, -0.05) is 19.9 Å². The molecular weight excluding hydrogens is 256 g/mol. The quantitative estimate of drug-likeness (QED) is 0.807. The maximum atomic E-state index is 4.41. The van der Waals surface area contributed by atoms with Gasteiger partial charge in [-0.3, -0.25) is 4.68 Å². The van der Waals surface area contributed by atoms with E-state index in [-0.39, 0.29) is 0 Å². The van der Waals surface area contributed by atoms with Crippen LogP contribution in [0.1, 0.15) is 43.4 Å². The molecule has 0 aromatic carbocycles. The molecular formula is C14H22N4S. The molecule has 19 heavy (non-hydrogen) atoms. The van der Waals surface area contributed by atoms with Crippen molar-refractivity contribution in [2.45, 2.75) is 45.7 Å². The smallest absolute Gasteiger partial charge is 0.138 e. The summed E-state index contributed by atoms with van der Waals surface area (Å²) >= 11 is 1.80. The zero-order valence-corrected chi connectivity index (χ0v) is 12.5. The van der Waals surface area contributed by atoms with Gasteiger partial charge in [-0.15, -0.1) is 11.3 Å². The first-order chi connectivity index (χ1) is 9.35. The van der Waals surface area contributed by atoms with Crippen molar-refractivity contribution in [1.82, 2.24) is 20.1 Å². The number of rotatable bonds is 8. The number of aromatic nitrogens is 3. The Morgan fingerprint density at radius 3 is 2.95 bits per heavy atom. The molecule has 2 rings (SSSR count). The molecule has 4 nitrogen and oxygen atoms in total. The van der Waals surface area contributed by atoms with Crippen LogP contribution in [0.3, 0.4) is 0 Å². The van der Waals surface area contributed by atoms with Crippen molar-refractivity contribution in [3.63, 3.8) is 0 Å². The fourth-order valence-electron chi connectivity index (χ4n) is 2.11. The Labute approximate surface area is 118 Å². The van der Waals surface area contributed by atoms with E-state index in [2.05, 4.69) is 46.8 Å². The lowest BCUT2D eigenvalue weighted by Crippen LogP contribution is -2.24. The van der Waals surface area contributed by atoms with Gasteiger partial charge in [0, 0.05) is 23.9 Å². The summed E-state index contributed by atoms with van der Waals surface area (Å²) in [6.07, 6.45) is 4.79. The third-order valence-corrected chi connectivity index (χ3v) is 4.03. The summed E-state index contributed by atoms with van der Waals surface area (Å²) in [6.45, 7) is 6.33. The van der Waals surface area contributed by atoms with Gasteiger partial charge in [-0.25, -0.2) is 4.98 Å². The lowest BCUT2D eigenvalue weighted by atomic mass is 10.1. The molecule has 2 aromatic rings. The van der Waals surface area contributed by atoms with E-state index in [1.165, 1.54) is 4.88 Å². The van der Waals surface area contributed by atoms with Crippen LogP contribution in [0.4, 0.5) is 0 Å². The van der Waals surface area contributed by atoms with Gasteiger partial charge >= 0.3 is 0 Å². The van der Waals surface area contributed by atoms with Gasteiger partial charge in [0.05, 0.1) is 0 Å². The summed E-state index contributed by atoms with van der Waals surface area (Å²) in [4.78, 5) is 5.78. The number of nitrogens with one attached hydrogen (secondary N) is 1. The summed E-state index contributed by atoms with van der Waals surface area (Å²) < 4.78 is 2.02. The number of nitrogens with zero attached hydrogens (tertiary/aromatic N) is 3. The lowest BCUT2D eigenvalue weighted by molar-refractivity contribution is 0.493. The monoisotopic (exact) mass is 278 g/mol. The first-order valence-electron chi connectivity index (χ1n) is 6.98. The second-order valence-corrected chi connectivity index (χ2v) is 5.60. The molecule has 0 aliphatic rings. The predicted octanol–water partition coefficient (Wildman–Crippen LogP) is 3.03. The highest BCUT2D eigenvalue weighted by molar-refractivity contribution is 7.10. The maximum Gasteiger partial charge on any atom is 0.138 e. The number of hydrogen-bond donors (Lipinski definition) is 1. The van der Waals surface area contributed by atoms with Crippen LogP contribution < -0.4 is 5.32 Å². The summed E-state index contributed by atoms with van der Waals surface area (Å²) in [6, 6.07) is 4.65. The van der Waals surface area contributed by atoms with Crippen molar-refractivity contribution in [2.24, 2.45) is 0 Å². The Balaban J connectivity index is 2.08. The van der Waals surface area contributed by atoms with Crippen molar-refractivity contribution < 1.29 is 0 Å². The summed E-state index contributed by atoms with van der Waals surface area (Å²) in [7, 11) is 0. The third-order valence-electron chi connectivity index (χ3n) is 3.05. The largest absolute Gasteiger partial charge is 0.309 e. The Morgan fingerprint density at radius 2 is 2.26 bits per heavy atom. The maximum absolute atomic E-state index is 4.41. The molecule has 0 fully saturated rings. The predicted molar refractivity (Wildman–Crippen MR) is 79.4 cm³/mol. The molecule has 0 saturated heterocycles. The molecule has 0 bridgehead atoms. The van der Waals surface area contributed by atoms with Crippen molar-refractivity contribution in [1.29, 1.82) is 0 Å². The molecule has 2 heterocycles. The zero-order valence-electron chi connectivity index (χ0n) is 11.7. The van der Waals surface area contributed by atoms with Crippen molar-refractivity contribution in [2.75, 3.05) is 6.54 Å². The molecule has 5 heteroatoms. The van der Waals surface area contributed by atoms with Crippen LogP contribution in [-0.4, -0.2) is 21.3 Å². The van der Waals surface area contributed by atoms with E-state index in [4.69, 9.17) is 0 Å². The third kappa shape index (κ3) is 3.88. The average Bonchev–Trinajstić information content (AvgIpc) is 3.06. The number of thiophene rings is 1. The number of hydrogen-bond acceptors (Lipinski definition) is 4. The van der Waals surface area contributed by atoms with E-state index < -0.39 is 0 Å². The molecule has 0 aliphatic heterocycles. The van der Waals surface area contributed by atoms with Gasteiger partial charge in [-0.2, -0.15) is 5.10 Å². The average molecular weight is 278 g/mol. The highest BCUT2D eigenvalue weighted by Gasteiger charge is 2.15. The van der Waals surface area contributed by atoms with Crippen LogP contribution >= 0.6 is 11.3 Å². The van der Waals surface area contributed by atoms with E-state index >= 15 is 0 Å². The second-order valence-electron chi connectivity index (χ2n) is 4.63. The first kappa shape index (κ1) is 14.2. The molecule has 0 radical (unpaired) electrons. The summed E-state index contributed by atoms with van der Waals surface area (Å²) in [5, 5.41) is 10.0. The van der Waals surface area contributed by atoms with E-state index in [1.807, 2.05) is 4.68 Å². The van der Waals surface area contributed by atoms with E-state index in [9.17, 15) is 0 Å². The molecule has 0 saturated carbocycles. The van der Waals surface area contributed by atoms with E-state index in [0.29, 0.717) is 6.04 Å².